The van der Waals surface area contributed by atoms with Crippen LogP contribution in [0.3, 0.4) is 0 Å². The van der Waals surface area contributed by atoms with E-state index in [1.165, 1.54) is 0 Å². The molecule has 0 radical (unpaired) electrons. The average molecular weight is 238 g/mol. The van der Waals surface area contributed by atoms with Gasteiger partial charge in [-0.2, -0.15) is 5.10 Å². The van der Waals surface area contributed by atoms with Crippen LogP contribution in [0.2, 0.25) is 0 Å². The number of aliphatic hydroxyl groups is 1. The van der Waals surface area contributed by atoms with Crippen LogP contribution < -0.4 is 10.6 Å². The van der Waals surface area contributed by atoms with Gasteiger partial charge in [-0.1, -0.05) is 0 Å². The molecule has 1 amide bonds. The maximum absolute atomic E-state index is 11.3. The van der Waals surface area contributed by atoms with E-state index in [2.05, 4.69) is 15.7 Å². The van der Waals surface area contributed by atoms with E-state index in [0.29, 0.717) is 19.1 Å². The lowest BCUT2D eigenvalue weighted by Gasteiger charge is -2.11. The van der Waals surface area contributed by atoms with Crippen LogP contribution in [-0.4, -0.2) is 46.0 Å². The van der Waals surface area contributed by atoms with Gasteiger partial charge in [0.1, 0.15) is 0 Å². The monoisotopic (exact) mass is 238 g/mol. The van der Waals surface area contributed by atoms with E-state index in [-0.39, 0.29) is 12.5 Å². The number of amides is 1. The van der Waals surface area contributed by atoms with Crippen molar-refractivity contribution in [3.63, 3.8) is 0 Å². The van der Waals surface area contributed by atoms with Gasteiger partial charge in [0.05, 0.1) is 19.2 Å². The number of carbonyl (C=O) groups excluding carboxylic acids is 1. The smallest absolute Gasteiger partial charge is 0.234 e. The number of nitrogens with zero attached hydrogens (tertiary/aromatic N) is 2. The Labute approximate surface area is 100 Å². The predicted molar refractivity (Wildman–Crippen MR) is 62.3 cm³/mol. The summed E-state index contributed by atoms with van der Waals surface area (Å²) in [6, 6.07) is 2.20. The Morgan fingerprint density at radius 3 is 3.06 bits per heavy atom. The summed E-state index contributed by atoms with van der Waals surface area (Å²) >= 11 is 0. The average Bonchev–Trinajstić information content (AvgIpc) is 2.93. The van der Waals surface area contributed by atoms with Crippen LogP contribution in [0, 0.1) is 0 Å². The van der Waals surface area contributed by atoms with Crippen LogP contribution in [-0.2, 0) is 11.3 Å². The first-order valence-corrected chi connectivity index (χ1v) is 5.89. The van der Waals surface area contributed by atoms with E-state index in [0.717, 1.165) is 12.8 Å². The first-order chi connectivity index (χ1) is 8.24. The molecule has 1 aliphatic rings. The number of aliphatic hydroxyl groups excluding tert-OH is 1. The van der Waals surface area contributed by atoms with Crippen LogP contribution in [0.25, 0.3) is 0 Å². The summed E-state index contributed by atoms with van der Waals surface area (Å²) in [4.78, 5) is 11.3. The Balaban J connectivity index is 1.56. The third-order valence-corrected chi connectivity index (χ3v) is 2.56. The molecule has 1 fully saturated rings. The largest absolute Gasteiger partial charge is 0.390 e. The third-order valence-electron chi connectivity index (χ3n) is 2.56. The van der Waals surface area contributed by atoms with Gasteiger partial charge < -0.3 is 15.7 Å². The van der Waals surface area contributed by atoms with Crippen molar-refractivity contribution in [3.8, 4) is 0 Å². The molecule has 0 aromatic carbocycles. The fraction of sp³-hybridized carbons (Fsp3) is 0.636. The second-order valence-electron chi connectivity index (χ2n) is 4.35. The first-order valence-electron chi connectivity index (χ1n) is 5.89. The van der Waals surface area contributed by atoms with Crippen molar-refractivity contribution in [2.45, 2.75) is 31.5 Å². The summed E-state index contributed by atoms with van der Waals surface area (Å²) < 4.78 is 1.66. The van der Waals surface area contributed by atoms with Crippen LogP contribution in [0.15, 0.2) is 18.5 Å². The minimum absolute atomic E-state index is 0.00112. The number of hydrogen-bond donors (Lipinski definition) is 3. The molecule has 0 bridgehead atoms. The van der Waals surface area contributed by atoms with Crippen molar-refractivity contribution < 1.29 is 9.90 Å². The Morgan fingerprint density at radius 2 is 2.41 bits per heavy atom. The SMILES string of the molecule is O=C(CNCC(O)Cn1cccn1)NC1CC1. The van der Waals surface area contributed by atoms with E-state index in [9.17, 15) is 9.90 Å². The molecular formula is C11H18N4O2. The Bertz CT molecular complexity index is 348. The van der Waals surface area contributed by atoms with Gasteiger partial charge in [0, 0.05) is 25.0 Å². The number of carbonyl (C=O) groups is 1. The zero-order valence-corrected chi connectivity index (χ0v) is 9.67. The molecular weight excluding hydrogens is 220 g/mol. The van der Waals surface area contributed by atoms with Crippen molar-refractivity contribution >= 4 is 5.91 Å². The van der Waals surface area contributed by atoms with Gasteiger partial charge in [-0.25, -0.2) is 0 Å². The molecule has 1 saturated carbocycles. The van der Waals surface area contributed by atoms with Crippen molar-refractivity contribution in [2.75, 3.05) is 13.1 Å². The minimum atomic E-state index is -0.538. The highest BCUT2D eigenvalue weighted by Crippen LogP contribution is 2.18. The Hall–Kier alpha value is -1.40. The lowest BCUT2D eigenvalue weighted by molar-refractivity contribution is -0.120. The highest BCUT2D eigenvalue weighted by atomic mass is 16.3. The van der Waals surface area contributed by atoms with Crippen LogP contribution >= 0.6 is 0 Å². The molecule has 6 heteroatoms. The van der Waals surface area contributed by atoms with Crippen molar-refractivity contribution in [1.82, 2.24) is 20.4 Å². The number of aromatic nitrogens is 2. The van der Waals surface area contributed by atoms with E-state index >= 15 is 0 Å². The summed E-state index contributed by atoms with van der Waals surface area (Å²) in [7, 11) is 0. The van der Waals surface area contributed by atoms with Crippen LogP contribution in [0.4, 0.5) is 0 Å². The summed E-state index contributed by atoms with van der Waals surface area (Å²) in [5, 5.41) is 19.5. The molecule has 17 heavy (non-hydrogen) atoms. The molecule has 1 unspecified atom stereocenters. The van der Waals surface area contributed by atoms with Gasteiger partial charge in [0.15, 0.2) is 0 Å². The Morgan fingerprint density at radius 1 is 1.59 bits per heavy atom. The lowest BCUT2D eigenvalue weighted by Crippen LogP contribution is -2.39. The standard InChI is InChI=1S/C11H18N4O2/c16-10(8-15-5-1-4-13-15)6-12-7-11(17)14-9-2-3-9/h1,4-5,9-10,12,16H,2-3,6-8H2,(H,14,17). The molecule has 1 aromatic rings. The zero-order chi connectivity index (χ0) is 12.1. The second-order valence-corrected chi connectivity index (χ2v) is 4.35. The van der Waals surface area contributed by atoms with Gasteiger partial charge in [0.25, 0.3) is 0 Å². The maximum Gasteiger partial charge on any atom is 0.234 e. The summed E-state index contributed by atoms with van der Waals surface area (Å²) in [5.41, 5.74) is 0. The normalized spacial score (nSPS) is 16.8. The van der Waals surface area contributed by atoms with Gasteiger partial charge in [0.2, 0.25) is 5.91 Å². The topological polar surface area (TPSA) is 79.2 Å². The molecule has 6 nitrogen and oxygen atoms in total. The predicted octanol–water partition coefficient (Wildman–Crippen LogP) is -0.888. The molecule has 1 aliphatic carbocycles. The third kappa shape index (κ3) is 4.54. The summed E-state index contributed by atoms with van der Waals surface area (Å²) in [6.45, 7) is 1.08. The first kappa shape index (κ1) is 12.1. The van der Waals surface area contributed by atoms with Crippen molar-refractivity contribution in [3.05, 3.63) is 18.5 Å². The fourth-order valence-corrected chi connectivity index (χ4v) is 1.55. The minimum Gasteiger partial charge on any atom is -0.390 e. The van der Waals surface area contributed by atoms with Gasteiger partial charge >= 0.3 is 0 Å². The van der Waals surface area contributed by atoms with Crippen molar-refractivity contribution in [1.29, 1.82) is 0 Å². The molecule has 94 valence electrons. The molecule has 2 rings (SSSR count). The number of nitrogens with one attached hydrogen (secondary N) is 2. The summed E-state index contributed by atoms with van der Waals surface area (Å²) in [6.07, 6.45) is 5.11. The lowest BCUT2D eigenvalue weighted by atomic mass is 10.3. The molecule has 0 spiro atoms. The van der Waals surface area contributed by atoms with E-state index in [1.807, 2.05) is 6.07 Å². The van der Waals surface area contributed by atoms with E-state index in [1.54, 1.807) is 17.1 Å². The van der Waals surface area contributed by atoms with Gasteiger partial charge in [-0.3, -0.25) is 9.48 Å². The molecule has 1 heterocycles. The van der Waals surface area contributed by atoms with E-state index in [4.69, 9.17) is 0 Å². The molecule has 1 aromatic heterocycles. The number of rotatable bonds is 7. The van der Waals surface area contributed by atoms with Crippen molar-refractivity contribution in [2.24, 2.45) is 0 Å². The maximum atomic E-state index is 11.3. The summed E-state index contributed by atoms with van der Waals surface area (Å²) in [5.74, 6) is -0.00112. The molecule has 0 saturated heterocycles. The highest BCUT2D eigenvalue weighted by Gasteiger charge is 2.22. The second kappa shape index (κ2) is 5.79. The molecule has 1 atom stereocenters. The number of hydrogen-bond acceptors (Lipinski definition) is 4. The fourth-order valence-electron chi connectivity index (χ4n) is 1.55. The van der Waals surface area contributed by atoms with Crippen LogP contribution in [0.1, 0.15) is 12.8 Å². The van der Waals surface area contributed by atoms with Gasteiger partial charge in [-0.05, 0) is 18.9 Å². The molecule has 0 aliphatic heterocycles. The van der Waals surface area contributed by atoms with E-state index < -0.39 is 6.10 Å². The zero-order valence-electron chi connectivity index (χ0n) is 9.67. The Kier molecular flexibility index (Phi) is 4.11. The van der Waals surface area contributed by atoms with Crippen LogP contribution in [0.5, 0.6) is 0 Å². The van der Waals surface area contributed by atoms with Gasteiger partial charge in [-0.15, -0.1) is 0 Å². The highest BCUT2D eigenvalue weighted by molar-refractivity contribution is 5.78. The molecule has 3 N–H and O–H groups in total. The quantitative estimate of drug-likeness (QED) is 0.576.